The zero-order chi connectivity index (χ0) is 9.19. The molecule has 0 amide bonds. The highest BCUT2D eigenvalue weighted by Crippen LogP contribution is 2.23. The minimum Gasteiger partial charge on any atom is -0.466 e. The third-order valence-electron chi connectivity index (χ3n) is 2.20. The van der Waals surface area contributed by atoms with Crippen molar-refractivity contribution in [3.8, 4) is 0 Å². The summed E-state index contributed by atoms with van der Waals surface area (Å²) in [6.45, 7) is 7.28. The molecule has 0 radical (unpaired) electrons. The molecule has 1 heterocycles. The highest BCUT2D eigenvalue weighted by atomic mass is 16.5. The summed E-state index contributed by atoms with van der Waals surface area (Å²) in [5.74, 6) is -0.00414. The van der Waals surface area contributed by atoms with Crippen LogP contribution >= 0.6 is 0 Å². The largest absolute Gasteiger partial charge is 0.466 e. The first kappa shape index (κ1) is 9.52. The Balaban J connectivity index is 2.41. The second-order valence-corrected chi connectivity index (χ2v) is 3.92. The van der Waals surface area contributed by atoms with Crippen molar-refractivity contribution in [2.45, 2.75) is 32.7 Å². The van der Waals surface area contributed by atoms with Gasteiger partial charge < -0.3 is 10.1 Å². The van der Waals surface area contributed by atoms with Crippen LogP contribution in [0.25, 0.3) is 0 Å². The van der Waals surface area contributed by atoms with E-state index in [0.717, 1.165) is 13.0 Å². The molecule has 1 atom stereocenters. The van der Waals surface area contributed by atoms with Crippen molar-refractivity contribution in [3.63, 3.8) is 0 Å². The van der Waals surface area contributed by atoms with Gasteiger partial charge in [0.05, 0.1) is 12.5 Å². The predicted octanol–water partition coefficient (Wildman–Crippen LogP) is 0.938. The maximum absolute atomic E-state index is 11.3. The van der Waals surface area contributed by atoms with Gasteiger partial charge in [-0.1, -0.05) is 0 Å². The first-order valence-corrected chi connectivity index (χ1v) is 4.47. The minimum absolute atomic E-state index is 0.0555. The van der Waals surface area contributed by atoms with E-state index in [9.17, 15) is 4.79 Å². The van der Waals surface area contributed by atoms with Crippen LogP contribution in [0.2, 0.25) is 0 Å². The maximum atomic E-state index is 11.3. The Morgan fingerprint density at radius 3 is 2.75 bits per heavy atom. The molecule has 1 rings (SSSR count). The Kier molecular flexibility index (Phi) is 2.73. The molecule has 0 aromatic carbocycles. The van der Waals surface area contributed by atoms with Crippen LogP contribution in [0.3, 0.4) is 0 Å². The summed E-state index contributed by atoms with van der Waals surface area (Å²) in [7, 11) is 0. The Labute approximate surface area is 73.5 Å². The molecule has 1 N–H and O–H groups in total. The van der Waals surface area contributed by atoms with Gasteiger partial charge in [-0.05, 0) is 27.2 Å². The van der Waals surface area contributed by atoms with Crippen LogP contribution in [0.1, 0.15) is 27.2 Å². The van der Waals surface area contributed by atoms with E-state index in [4.69, 9.17) is 4.74 Å². The van der Waals surface area contributed by atoms with Gasteiger partial charge in [0.1, 0.15) is 0 Å². The van der Waals surface area contributed by atoms with Gasteiger partial charge in [0.25, 0.3) is 0 Å². The van der Waals surface area contributed by atoms with Crippen LogP contribution in [0.4, 0.5) is 0 Å². The van der Waals surface area contributed by atoms with Crippen LogP contribution in [0.5, 0.6) is 0 Å². The lowest BCUT2D eigenvalue weighted by Crippen LogP contribution is -2.31. The van der Waals surface area contributed by atoms with Gasteiger partial charge >= 0.3 is 5.97 Å². The quantitative estimate of drug-likeness (QED) is 0.628. The van der Waals surface area contributed by atoms with E-state index in [0.29, 0.717) is 6.61 Å². The SMILES string of the molecule is CCOC(=O)C1CNC(C)(C)C1. The van der Waals surface area contributed by atoms with Gasteiger partial charge in [-0.15, -0.1) is 0 Å². The standard InChI is InChI=1S/C9H17NO2/c1-4-12-8(11)7-5-9(2,3)10-6-7/h7,10H,4-6H2,1-3H3. The number of carbonyl (C=O) groups excluding carboxylic acids is 1. The number of rotatable bonds is 2. The average Bonchev–Trinajstić information content (AvgIpc) is 2.31. The molecule has 70 valence electrons. The lowest BCUT2D eigenvalue weighted by atomic mass is 9.97. The molecule has 1 aliphatic heterocycles. The van der Waals surface area contributed by atoms with Crippen molar-refractivity contribution in [3.05, 3.63) is 0 Å². The van der Waals surface area contributed by atoms with Gasteiger partial charge in [0.15, 0.2) is 0 Å². The number of ether oxygens (including phenoxy) is 1. The summed E-state index contributed by atoms with van der Waals surface area (Å²) in [5.41, 5.74) is 0.0947. The maximum Gasteiger partial charge on any atom is 0.310 e. The molecule has 0 spiro atoms. The number of esters is 1. The molecule has 12 heavy (non-hydrogen) atoms. The lowest BCUT2D eigenvalue weighted by Gasteiger charge is -2.16. The molecule has 0 aromatic rings. The summed E-state index contributed by atoms with van der Waals surface area (Å²) in [5, 5.41) is 3.28. The lowest BCUT2D eigenvalue weighted by molar-refractivity contribution is -0.147. The number of nitrogens with one attached hydrogen (secondary N) is 1. The van der Waals surface area contributed by atoms with E-state index in [-0.39, 0.29) is 17.4 Å². The van der Waals surface area contributed by atoms with E-state index in [2.05, 4.69) is 19.2 Å². The number of carbonyl (C=O) groups is 1. The molecule has 0 saturated carbocycles. The molecule has 1 fully saturated rings. The van der Waals surface area contributed by atoms with Gasteiger partial charge in [-0.3, -0.25) is 4.79 Å². The van der Waals surface area contributed by atoms with Crippen LogP contribution in [-0.4, -0.2) is 24.7 Å². The summed E-state index contributed by atoms with van der Waals surface area (Å²) in [6.07, 6.45) is 0.881. The molecule has 0 aliphatic carbocycles. The third kappa shape index (κ3) is 2.21. The molecule has 1 aliphatic rings. The fourth-order valence-electron chi connectivity index (χ4n) is 1.59. The van der Waals surface area contributed by atoms with E-state index in [1.54, 1.807) is 0 Å². The van der Waals surface area contributed by atoms with E-state index in [1.165, 1.54) is 0 Å². The summed E-state index contributed by atoms with van der Waals surface area (Å²) in [6, 6.07) is 0. The molecule has 3 nitrogen and oxygen atoms in total. The fraction of sp³-hybridized carbons (Fsp3) is 0.889. The Morgan fingerprint density at radius 2 is 2.33 bits per heavy atom. The molecule has 3 heteroatoms. The Bertz CT molecular complexity index is 177. The number of hydrogen-bond donors (Lipinski definition) is 1. The van der Waals surface area contributed by atoms with Crippen molar-refractivity contribution in [1.82, 2.24) is 5.32 Å². The minimum atomic E-state index is -0.0597. The zero-order valence-corrected chi connectivity index (χ0v) is 8.02. The molecule has 0 aromatic heterocycles. The van der Waals surface area contributed by atoms with Crippen molar-refractivity contribution in [1.29, 1.82) is 0 Å². The normalized spacial score (nSPS) is 27.1. The first-order valence-electron chi connectivity index (χ1n) is 4.47. The summed E-state index contributed by atoms with van der Waals surface area (Å²) >= 11 is 0. The average molecular weight is 171 g/mol. The van der Waals surface area contributed by atoms with Crippen LogP contribution < -0.4 is 5.32 Å². The first-order chi connectivity index (χ1) is 5.55. The van der Waals surface area contributed by atoms with E-state index < -0.39 is 0 Å². The fourth-order valence-corrected chi connectivity index (χ4v) is 1.59. The van der Waals surface area contributed by atoms with E-state index in [1.807, 2.05) is 6.92 Å². The van der Waals surface area contributed by atoms with Crippen molar-refractivity contribution in [2.75, 3.05) is 13.2 Å². The zero-order valence-electron chi connectivity index (χ0n) is 8.02. The second kappa shape index (κ2) is 3.44. The topological polar surface area (TPSA) is 38.3 Å². The van der Waals surface area contributed by atoms with Crippen molar-refractivity contribution >= 4 is 5.97 Å². The van der Waals surface area contributed by atoms with Crippen LogP contribution in [-0.2, 0) is 9.53 Å². The van der Waals surface area contributed by atoms with Crippen LogP contribution in [0.15, 0.2) is 0 Å². The van der Waals surface area contributed by atoms with E-state index >= 15 is 0 Å². The predicted molar refractivity (Wildman–Crippen MR) is 46.8 cm³/mol. The summed E-state index contributed by atoms with van der Waals surface area (Å²) < 4.78 is 4.94. The molecule has 1 saturated heterocycles. The monoisotopic (exact) mass is 171 g/mol. The van der Waals surface area contributed by atoms with Crippen molar-refractivity contribution < 1.29 is 9.53 Å². The van der Waals surface area contributed by atoms with Crippen molar-refractivity contribution in [2.24, 2.45) is 5.92 Å². The van der Waals surface area contributed by atoms with Gasteiger partial charge in [0, 0.05) is 12.1 Å². The Morgan fingerprint density at radius 1 is 1.67 bits per heavy atom. The van der Waals surface area contributed by atoms with Gasteiger partial charge in [-0.2, -0.15) is 0 Å². The highest BCUT2D eigenvalue weighted by molar-refractivity contribution is 5.73. The van der Waals surface area contributed by atoms with Crippen LogP contribution in [0, 0.1) is 5.92 Å². The summed E-state index contributed by atoms with van der Waals surface area (Å²) in [4.78, 5) is 11.3. The molecular formula is C9H17NO2. The third-order valence-corrected chi connectivity index (χ3v) is 2.20. The molecule has 0 bridgehead atoms. The Hall–Kier alpha value is -0.570. The highest BCUT2D eigenvalue weighted by Gasteiger charge is 2.35. The number of hydrogen-bond acceptors (Lipinski definition) is 3. The van der Waals surface area contributed by atoms with Gasteiger partial charge in [-0.25, -0.2) is 0 Å². The second-order valence-electron chi connectivity index (χ2n) is 3.92. The van der Waals surface area contributed by atoms with Gasteiger partial charge in [0.2, 0.25) is 0 Å². The molecule has 1 unspecified atom stereocenters. The smallest absolute Gasteiger partial charge is 0.310 e. The molecular weight excluding hydrogens is 154 g/mol.